The van der Waals surface area contributed by atoms with Gasteiger partial charge in [0.1, 0.15) is 0 Å². The highest BCUT2D eigenvalue weighted by Gasteiger charge is 2.46. The quantitative estimate of drug-likeness (QED) is 0.703. The summed E-state index contributed by atoms with van der Waals surface area (Å²) in [6.45, 7) is 6.88. The van der Waals surface area contributed by atoms with E-state index in [0.29, 0.717) is 5.54 Å². The summed E-state index contributed by atoms with van der Waals surface area (Å²) in [5.41, 5.74) is 6.32. The van der Waals surface area contributed by atoms with E-state index in [9.17, 15) is 0 Å². The zero-order chi connectivity index (χ0) is 9.47. The van der Waals surface area contributed by atoms with Crippen molar-refractivity contribution < 1.29 is 0 Å². The van der Waals surface area contributed by atoms with Gasteiger partial charge in [0, 0.05) is 18.1 Å². The first-order valence-corrected chi connectivity index (χ1v) is 5.66. The van der Waals surface area contributed by atoms with E-state index in [1.54, 1.807) is 0 Å². The fourth-order valence-electron chi connectivity index (χ4n) is 2.96. The van der Waals surface area contributed by atoms with Crippen molar-refractivity contribution in [3.63, 3.8) is 0 Å². The minimum absolute atomic E-state index is 0.407. The van der Waals surface area contributed by atoms with Crippen LogP contribution in [0.4, 0.5) is 0 Å². The molecule has 2 rings (SSSR count). The maximum absolute atomic E-state index is 5.91. The summed E-state index contributed by atoms with van der Waals surface area (Å²) in [4.78, 5) is 2.68. The highest BCUT2D eigenvalue weighted by atomic mass is 15.3. The molecule has 0 aromatic rings. The Morgan fingerprint density at radius 2 is 2.08 bits per heavy atom. The first-order valence-electron chi connectivity index (χ1n) is 5.66. The molecule has 1 saturated carbocycles. The van der Waals surface area contributed by atoms with Gasteiger partial charge in [0.25, 0.3) is 0 Å². The topological polar surface area (TPSA) is 29.3 Å². The normalized spacial score (nSPS) is 39.0. The molecule has 0 aromatic carbocycles. The Kier molecular flexibility index (Phi) is 2.37. The van der Waals surface area contributed by atoms with Gasteiger partial charge in [0.2, 0.25) is 0 Å². The third-order valence-corrected chi connectivity index (χ3v) is 4.41. The third kappa shape index (κ3) is 1.31. The Bertz CT molecular complexity index is 181. The van der Waals surface area contributed by atoms with Gasteiger partial charge in [-0.15, -0.1) is 0 Å². The molecule has 0 aromatic heterocycles. The Balaban J connectivity index is 2.07. The lowest BCUT2D eigenvalue weighted by molar-refractivity contribution is 0.0127. The molecule has 2 heteroatoms. The van der Waals surface area contributed by atoms with Gasteiger partial charge in [-0.3, -0.25) is 4.90 Å². The second-order valence-electron chi connectivity index (χ2n) is 4.98. The highest BCUT2D eigenvalue weighted by Crippen LogP contribution is 2.42. The zero-order valence-corrected chi connectivity index (χ0v) is 8.92. The molecule has 76 valence electrons. The van der Waals surface area contributed by atoms with E-state index in [2.05, 4.69) is 18.7 Å². The summed E-state index contributed by atoms with van der Waals surface area (Å²) < 4.78 is 0. The third-order valence-electron chi connectivity index (χ3n) is 4.41. The van der Waals surface area contributed by atoms with Crippen molar-refractivity contribution in [1.82, 2.24) is 4.90 Å². The van der Waals surface area contributed by atoms with Gasteiger partial charge in [0.05, 0.1) is 0 Å². The van der Waals surface area contributed by atoms with Gasteiger partial charge in [-0.25, -0.2) is 0 Å². The van der Waals surface area contributed by atoms with Crippen LogP contribution in [0.1, 0.15) is 39.5 Å². The van der Waals surface area contributed by atoms with Crippen LogP contribution in [0.25, 0.3) is 0 Å². The SMILES string of the molecule is CC1CCN(C2(CN)CCC2)C1C. The lowest BCUT2D eigenvalue weighted by Crippen LogP contribution is -2.59. The van der Waals surface area contributed by atoms with Crippen molar-refractivity contribution in [3.8, 4) is 0 Å². The molecule has 2 fully saturated rings. The molecule has 2 nitrogen and oxygen atoms in total. The lowest BCUT2D eigenvalue weighted by Gasteiger charge is -2.50. The van der Waals surface area contributed by atoms with Crippen molar-refractivity contribution in [3.05, 3.63) is 0 Å². The lowest BCUT2D eigenvalue weighted by atomic mass is 9.75. The largest absolute Gasteiger partial charge is 0.329 e. The zero-order valence-electron chi connectivity index (χ0n) is 8.92. The number of nitrogens with zero attached hydrogens (tertiary/aromatic N) is 1. The maximum Gasteiger partial charge on any atom is 0.0334 e. The van der Waals surface area contributed by atoms with Crippen LogP contribution in [0.2, 0.25) is 0 Å². The van der Waals surface area contributed by atoms with Crippen LogP contribution in [-0.4, -0.2) is 29.6 Å². The molecular formula is C11H22N2. The fourth-order valence-corrected chi connectivity index (χ4v) is 2.96. The minimum atomic E-state index is 0.407. The summed E-state index contributed by atoms with van der Waals surface area (Å²) in [7, 11) is 0. The standard InChI is InChI=1S/C11H22N2/c1-9-4-7-13(10(9)2)11(8-12)5-3-6-11/h9-10H,3-8,12H2,1-2H3. The number of likely N-dealkylation sites (tertiary alicyclic amines) is 1. The Labute approximate surface area is 81.5 Å². The second kappa shape index (κ2) is 3.25. The van der Waals surface area contributed by atoms with Crippen LogP contribution < -0.4 is 5.73 Å². The monoisotopic (exact) mass is 182 g/mol. The molecule has 2 aliphatic rings. The molecule has 13 heavy (non-hydrogen) atoms. The van der Waals surface area contributed by atoms with Crippen LogP contribution in [-0.2, 0) is 0 Å². The molecule has 0 spiro atoms. The smallest absolute Gasteiger partial charge is 0.0334 e. The fraction of sp³-hybridized carbons (Fsp3) is 1.00. The van der Waals surface area contributed by atoms with Crippen molar-refractivity contribution in [1.29, 1.82) is 0 Å². The number of hydrogen-bond acceptors (Lipinski definition) is 2. The second-order valence-corrected chi connectivity index (χ2v) is 4.98. The number of nitrogens with two attached hydrogens (primary N) is 1. The van der Waals surface area contributed by atoms with Crippen molar-refractivity contribution in [2.45, 2.75) is 51.1 Å². The van der Waals surface area contributed by atoms with E-state index in [0.717, 1.165) is 18.5 Å². The molecule has 1 saturated heterocycles. The number of rotatable bonds is 2. The summed E-state index contributed by atoms with van der Waals surface area (Å²) in [5, 5.41) is 0. The van der Waals surface area contributed by atoms with Crippen molar-refractivity contribution in [2.24, 2.45) is 11.7 Å². The average Bonchev–Trinajstić information content (AvgIpc) is 2.35. The molecule has 2 N–H and O–H groups in total. The molecular weight excluding hydrogens is 160 g/mol. The van der Waals surface area contributed by atoms with E-state index >= 15 is 0 Å². The van der Waals surface area contributed by atoms with Crippen LogP contribution >= 0.6 is 0 Å². The minimum Gasteiger partial charge on any atom is -0.329 e. The molecule has 2 atom stereocenters. The Morgan fingerprint density at radius 1 is 1.38 bits per heavy atom. The van der Waals surface area contributed by atoms with E-state index in [-0.39, 0.29) is 0 Å². The molecule has 1 aliphatic carbocycles. The summed E-state index contributed by atoms with van der Waals surface area (Å²) in [6, 6.07) is 0.754. The predicted molar refractivity (Wildman–Crippen MR) is 55.6 cm³/mol. The molecule has 0 radical (unpaired) electrons. The Hall–Kier alpha value is -0.0800. The van der Waals surface area contributed by atoms with Gasteiger partial charge in [-0.05, 0) is 45.1 Å². The van der Waals surface area contributed by atoms with Gasteiger partial charge in [-0.1, -0.05) is 6.92 Å². The highest BCUT2D eigenvalue weighted by molar-refractivity contribution is 5.03. The summed E-state index contributed by atoms with van der Waals surface area (Å²) in [6.07, 6.45) is 5.42. The van der Waals surface area contributed by atoms with Crippen LogP contribution in [0.15, 0.2) is 0 Å². The van der Waals surface area contributed by atoms with Gasteiger partial charge >= 0.3 is 0 Å². The van der Waals surface area contributed by atoms with E-state index in [1.807, 2.05) is 0 Å². The van der Waals surface area contributed by atoms with Gasteiger partial charge in [0.15, 0.2) is 0 Å². The van der Waals surface area contributed by atoms with Crippen LogP contribution in [0.3, 0.4) is 0 Å². The summed E-state index contributed by atoms with van der Waals surface area (Å²) >= 11 is 0. The van der Waals surface area contributed by atoms with Gasteiger partial charge in [-0.2, -0.15) is 0 Å². The maximum atomic E-state index is 5.91. The Morgan fingerprint density at radius 3 is 2.38 bits per heavy atom. The first-order chi connectivity index (χ1) is 6.19. The van der Waals surface area contributed by atoms with E-state index < -0.39 is 0 Å². The molecule has 1 heterocycles. The molecule has 0 bridgehead atoms. The van der Waals surface area contributed by atoms with E-state index in [4.69, 9.17) is 5.73 Å². The summed E-state index contributed by atoms with van der Waals surface area (Å²) in [5.74, 6) is 0.865. The van der Waals surface area contributed by atoms with Crippen molar-refractivity contribution in [2.75, 3.05) is 13.1 Å². The van der Waals surface area contributed by atoms with Crippen LogP contribution in [0, 0.1) is 5.92 Å². The van der Waals surface area contributed by atoms with Crippen LogP contribution in [0.5, 0.6) is 0 Å². The average molecular weight is 182 g/mol. The molecule has 2 unspecified atom stereocenters. The molecule has 1 aliphatic heterocycles. The first kappa shape index (κ1) is 9.47. The predicted octanol–water partition coefficient (Wildman–Crippen LogP) is 1.60. The number of hydrogen-bond donors (Lipinski definition) is 1. The van der Waals surface area contributed by atoms with Crippen molar-refractivity contribution >= 4 is 0 Å². The van der Waals surface area contributed by atoms with Gasteiger partial charge < -0.3 is 5.73 Å². The van der Waals surface area contributed by atoms with E-state index in [1.165, 1.54) is 32.2 Å². The molecule has 0 amide bonds.